The molecule has 0 aromatic rings. The summed E-state index contributed by atoms with van der Waals surface area (Å²) < 4.78 is 15.7. The van der Waals surface area contributed by atoms with Crippen LogP contribution in [0.1, 0.15) is 36.9 Å². The molecule has 0 aliphatic heterocycles. The number of carbonyl (C=O) groups is 2. The van der Waals surface area contributed by atoms with Gasteiger partial charge < -0.3 is 5.11 Å². The molecule has 1 atom stereocenters. The molecule has 0 saturated heterocycles. The normalized spacial score (nSPS) is 31.1. The van der Waals surface area contributed by atoms with Crippen molar-refractivity contribution in [2.45, 2.75) is 39.7 Å². The summed E-state index contributed by atoms with van der Waals surface area (Å²) in [6.45, 7) is 6.58. The molecular weight excluding hydrogens is 228 g/mol. The minimum absolute atomic E-state index is 0.00849. The van der Waals surface area contributed by atoms with Gasteiger partial charge in [0.2, 0.25) is 0 Å². The summed E-state index contributed by atoms with van der Waals surface area (Å²) >= 11 is 0. The Labute approximate surface area is 111 Å². The maximum atomic E-state index is 11.7. The lowest BCUT2D eigenvalue weighted by Gasteiger charge is -2.43. The molecule has 3 nitrogen and oxygen atoms in total. The van der Waals surface area contributed by atoms with Crippen LogP contribution in [0, 0.1) is 5.41 Å². The third-order valence-electron chi connectivity index (χ3n) is 3.36. The fourth-order valence-corrected chi connectivity index (χ4v) is 2.06. The highest BCUT2D eigenvalue weighted by Crippen LogP contribution is 2.44. The van der Waals surface area contributed by atoms with Crippen molar-refractivity contribution in [3.63, 3.8) is 0 Å². The van der Waals surface area contributed by atoms with Gasteiger partial charge in [-0.15, -0.1) is 0 Å². The Balaban J connectivity index is 3.45. The van der Waals surface area contributed by atoms with Gasteiger partial charge in [0.1, 0.15) is 11.9 Å². The molecule has 1 aliphatic carbocycles. The van der Waals surface area contributed by atoms with Crippen molar-refractivity contribution >= 4 is 12.1 Å². The molecule has 0 fully saturated rings. The average molecular weight is 250 g/mol. The SMILES string of the molecule is [2H]C1=C(C)[C@](O)(/C=C([2H])/C(C)=C\C=O)C(C)(C)CC1=O. The highest BCUT2D eigenvalue weighted by atomic mass is 16.3. The minimum atomic E-state index is -1.55. The third kappa shape index (κ3) is 2.67. The van der Waals surface area contributed by atoms with Gasteiger partial charge in [-0.2, -0.15) is 0 Å². The van der Waals surface area contributed by atoms with Crippen molar-refractivity contribution < 1.29 is 17.4 Å². The van der Waals surface area contributed by atoms with Gasteiger partial charge in [-0.25, -0.2) is 0 Å². The molecule has 0 unspecified atom stereocenters. The van der Waals surface area contributed by atoms with Gasteiger partial charge in [-0.1, -0.05) is 19.9 Å². The van der Waals surface area contributed by atoms with Crippen molar-refractivity contribution in [1.29, 1.82) is 0 Å². The number of aliphatic hydroxyl groups is 1. The van der Waals surface area contributed by atoms with Gasteiger partial charge in [-0.05, 0) is 43.2 Å². The standard InChI is InChI=1S/C15H20O3/c1-11(6-8-16)5-7-15(18)12(2)9-13(17)10-14(15,3)4/h5-9,18H,10H2,1-4H3/b7-5+,11-6-/t15-/m1/s1/i5D,9D. The van der Waals surface area contributed by atoms with Crippen LogP contribution in [-0.2, 0) is 9.59 Å². The lowest BCUT2D eigenvalue weighted by atomic mass is 9.64. The number of aldehydes is 1. The predicted molar refractivity (Wildman–Crippen MR) is 71.1 cm³/mol. The highest BCUT2D eigenvalue weighted by molar-refractivity contribution is 5.92. The van der Waals surface area contributed by atoms with E-state index < -0.39 is 11.0 Å². The molecule has 0 saturated carbocycles. The smallest absolute Gasteiger partial charge is 0.156 e. The molecular formula is C15H20O3. The van der Waals surface area contributed by atoms with Crippen LogP contribution in [0.3, 0.4) is 0 Å². The van der Waals surface area contributed by atoms with E-state index in [-0.39, 0.29) is 29.9 Å². The van der Waals surface area contributed by atoms with Crippen LogP contribution in [0.25, 0.3) is 0 Å². The zero-order chi connectivity index (χ0) is 15.7. The molecule has 0 aromatic carbocycles. The maximum Gasteiger partial charge on any atom is 0.156 e. The fraction of sp³-hybridized carbons (Fsp3) is 0.467. The van der Waals surface area contributed by atoms with Gasteiger partial charge in [0.05, 0.1) is 2.74 Å². The van der Waals surface area contributed by atoms with Crippen LogP contribution in [0.4, 0.5) is 0 Å². The first-order valence-corrected chi connectivity index (χ1v) is 5.82. The number of hydrogen-bond acceptors (Lipinski definition) is 3. The lowest BCUT2D eigenvalue weighted by Crippen LogP contribution is -2.48. The Bertz CT molecular complexity index is 541. The van der Waals surface area contributed by atoms with Crippen molar-refractivity contribution in [1.82, 2.24) is 0 Å². The summed E-state index contributed by atoms with van der Waals surface area (Å²) in [5, 5.41) is 10.9. The van der Waals surface area contributed by atoms with Crippen molar-refractivity contribution in [2.75, 3.05) is 0 Å². The molecule has 18 heavy (non-hydrogen) atoms. The van der Waals surface area contributed by atoms with E-state index in [1.807, 2.05) is 0 Å². The second-order valence-electron chi connectivity index (χ2n) is 5.27. The van der Waals surface area contributed by atoms with Crippen LogP contribution in [0.15, 0.2) is 35.4 Å². The minimum Gasteiger partial charge on any atom is -0.381 e. The van der Waals surface area contributed by atoms with Crippen LogP contribution in [0.2, 0.25) is 0 Å². The van der Waals surface area contributed by atoms with Crippen molar-refractivity contribution in [2.24, 2.45) is 5.41 Å². The topological polar surface area (TPSA) is 54.4 Å². The number of carbonyl (C=O) groups excluding carboxylic acids is 2. The monoisotopic (exact) mass is 250 g/mol. The van der Waals surface area contributed by atoms with E-state index in [1.165, 1.54) is 19.1 Å². The summed E-state index contributed by atoms with van der Waals surface area (Å²) in [5.41, 5.74) is -1.71. The van der Waals surface area contributed by atoms with E-state index in [1.54, 1.807) is 20.8 Å². The molecule has 98 valence electrons. The van der Waals surface area contributed by atoms with E-state index in [0.29, 0.717) is 11.9 Å². The Kier molecular flexibility index (Phi) is 3.24. The first-order valence-electron chi connectivity index (χ1n) is 6.82. The van der Waals surface area contributed by atoms with Crippen LogP contribution in [0.5, 0.6) is 0 Å². The van der Waals surface area contributed by atoms with E-state index in [9.17, 15) is 14.7 Å². The Hall–Kier alpha value is -1.48. The van der Waals surface area contributed by atoms with E-state index >= 15 is 0 Å². The molecule has 0 heterocycles. The Morgan fingerprint density at radius 3 is 2.78 bits per heavy atom. The third-order valence-corrected chi connectivity index (χ3v) is 3.36. The van der Waals surface area contributed by atoms with Gasteiger partial charge in [0.15, 0.2) is 5.78 Å². The Morgan fingerprint density at radius 1 is 1.61 bits per heavy atom. The summed E-state index contributed by atoms with van der Waals surface area (Å²) in [6.07, 6.45) is 3.18. The predicted octanol–water partition coefficient (Wildman–Crippen LogP) is 2.36. The molecule has 0 aromatic heterocycles. The number of rotatable bonds is 3. The summed E-state index contributed by atoms with van der Waals surface area (Å²) in [5.74, 6) is -0.308. The average Bonchev–Trinajstić information content (AvgIpc) is 2.34. The van der Waals surface area contributed by atoms with E-state index in [2.05, 4.69) is 0 Å². The molecule has 1 rings (SSSR count). The summed E-state index contributed by atoms with van der Waals surface area (Å²) in [7, 11) is 0. The van der Waals surface area contributed by atoms with Crippen LogP contribution < -0.4 is 0 Å². The number of hydrogen-bond donors (Lipinski definition) is 1. The molecule has 1 aliphatic rings. The summed E-state index contributed by atoms with van der Waals surface area (Å²) in [4.78, 5) is 22.2. The first kappa shape index (κ1) is 11.6. The first-order chi connectivity index (χ1) is 9.06. The molecule has 0 bridgehead atoms. The summed E-state index contributed by atoms with van der Waals surface area (Å²) in [6, 6.07) is -0.193. The van der Waals surface area contributed by atoms with Gasteiger partial charge in [-0.3, -0.25) is 9.59 Å². The van der Waals surface area contributed by atoms with Gasteiger partial charge in [0, 0.05) is 11.8 Å². The number of ketones is 1. The second kappa shape index (κ2) is 5.02. The number of allylic oxidation sites excluding steroid dienone is 4. The maximum absolute atomic E-state index is 11.7. The van der Waals surface area contributed by atoms with Crippen LogP contribution >= 0.6 is 0 Å². The molecule has 0 amide bonds. The zero-order valence-corrected chi connectivity index (χ0v) is 11.2. The largest absolute Gasteiger partial charge is 0.381 e. The second-order valence-corrected chi connectivity index (χ2v) is 5.27. The molecule has 1 N–H and O–H groups in total. The molecule has 0 radical (unpaired) electrons. The van der Waals surface area contributed by atoms with Gasteiger partial charge >= 0.3 is 0 Å². The quantitative estimate of drug-likeness (QED) is 0.475. The van der Waals surface area contributed by atoms with Crippen molar-refractivity contribution in [3.8, 4) is 0 Å². The van der Waals surface area contributed by atoms with E-state index in [0.717, 1.165) is 0 Å². The molecule has 3 heteroatoms. The highest BCUT2D eigenvalue weighted by Gasteiger charge is 2.46. The fourth-order valence-electron chi connectivity index (χ4n) is 2.06. The van der Waals surface area contributed by atoms with Crippen LogP contribution in [-0.4, -0.2) is 22.8 Å². The lowest BCUT2D eigenvalue weighted by molar-refractivity contribution is -0.121. The zero-order valence-electron chi connectivity index (χ0n) is 13.2. The van der Waals surface area contributed by atoms with E-state index in [4.69, 9.17) is 2.74 Å². The Morgan fingerprint density at radius 2 is 2.22 bits per heavy atom. The molecule has 0 spiro atoms. The van der Waals surface area contributed by atoms with Gasteiger partial charge in [0.25, 0.3) is 0 Å². The van der Waals surface area contributed by atoms with Crippen molar-refractivity contribution in [3.05, 3.63) is 35.4 Å².